The van der Waals surface area contributed by atoms with Gasteiger partial charge in [0.2, 0.25) is 0 Å². The molecule has 0 atom stereocenters. The lowest BCUT2D eigenvalue weighted by Gasteiger charge is -2.17. The van der Waals surface area contributed by atoms with E-state index in [-0.39, 0.29) is 4.90 Å². The molecular formula is C24H26ClN3O2S. The molecule has 0 spiro atoms. The minimum atomic E-state index is -3.78. The number of aromatic amines is 1. The summed E-state index contributed by atoms with van der Waals surface area (Å²) < 4.78 is 29.0. The molecule has 0 saturated carbocycles. The second kappa shape index (κ2) is 8.91. The number of likely N-dealkylation sites (N-methyl/N-ethyl adjacent to an activating group) is 1. The van der Waals surface area contributed by atoms with Crippen molar-refractivity contribution in [3.8, 4) is 0 Å². The molecule has 0 aliphatic heterocycles. The number of benzene rings is 3. The average Bonchev–Trinajstić information content (AvgIpc) is 3.16. The molecule has 4 aromatic rings. The molecule has 0 fully saturated rings. The topological polar surface area (TPSA) is 65.2 Å². The molecule has 5 nitrogen and oxygen atoms in total. The van der Waals surface area contributed by atoms with Crippen LogP contribution in [0.5, 0.6) is 0 Å². The van der Waals surface area contributed by atoms with Gasteiger partial charge in [0.15, 0.2) is 0 Å². The van der Waals surface area contributed by atoms with Gasteiger partial charge < -0.3 is 9.88 Å². The smallest absolute Gasteiger partial charge is 0.262 e. The highest BCUT2D eigenvalue weighted by atomic mass is 35.5. The zero-order chi connectivity index (χ0) is 22.0. The van der Waals surface area contributed by atoms with Crippen molar-refractivity contribution in [1.82, 2.24) is 9.88 Å². The van der Waals surface area contributed by atoms with Crippen LogP contribution in [0.15, 0.2) is 65.7 Å². The number of H-pyrrole nitrogens is 1. The van der Waals surface area contributed by atoms with Crippen LogP contribution in [0.4, 0.5) is 5.69 Å². The number of rotatable bonds is 8. The first-order chi connectivity index (χ1) is 14.9. The second-order valence-corrected chi connectivity index (χ2v) is 9.61. The molecule has 1 heterocycles. The Balaban J connectivity index is 1.61. The van der Waals surface area contributed by atoms with Gasteiger partial charge in [-0.1, -0.05) is 55.8 Å². The minimum Gasteiger partial charge on any atom is -0.361 e. The number of sulfonamides is 1. The molecule has 7 heteroatoms. The first kappa shape index (κ1) is 21.7. The van der Waals surface area contributed by atoms with E-state index in [0.717, 1.165) is 37.0 Å². The van der Waals surface area contributed by atoms with E-state index in [1.54, 1.807) is 30.3 Å². The summed E-state index contributed by atoms with van der Waals surface area (Å²) in [6, 6.07) is 16.0. The first-order valence-corrected chi connectivity index (χ1v) is 12.3. The Morgan fingerprint density at radius 3 is 2.48 bits per heavy atom. The van der Waals surface area contributed by atoms with E-state index in [0.29, 0.717) is 21.5 Å². The predicted octanol–water partition coefficient (Wildman–Crippen LogP) is 5.66. The van der Waals surface area contributed by atoms with Gasteiger partial charge in [0, 0.05) is 39.4 Å². The summed E-state index contributed by atoms with van der Waals surface area (Å²) in [5, 5.41) is 2.96. The van der Waals surface area contributed by atoms with Crippen LogP contribution in [0.1, 0.15) is 19.4 Å². The summed E-state index contributed by atoms with van der Waals surface area (Å²) in [6.07, 6.45) is 2.96. The Morgan fingerprint density at radius 2 is 1.71 bits per heavy atom. The Kier molecular flexibility index (Phi) is 6.23. The van der Waals surface area contributed by atoms with Crippen molar-refractivity contribution in [1.29, 1.82) is 0 Å². The van der Waals surface area contributed by atoms with Crippen LogP contribution < -0.4 is 4.72 Å². The Hall–Kier alpha value is -2.54. The molecule has 0 amide bonds. The van der Waals surface area contributed by atoms with Gasteiger partial charge in [-0.15, -0.1) is 0 Å². The SMILES string of the molecule is CCN(CC)CCc1c[nH]c2cc(NS(=O)(=O)c3cccc4c(Cl)cccc34)ccc12. The fraction of sp³-hybridized carbons (Fsp3) is 0.250. The molecule has 31 heavy (non-hydrogen) atoms. The molecule has 162 valence electrons. The van der Waals surface area contributed by atoms with Crippen LogP contribution >= 0.6 is 11.6 Å². The Morgan fingerprint density at radius 1 is 0.968 bits per heavy atom. The lowest BCUT2D eigenvalue weighted by molar-refractivity contribution is 0.308. The van der Waals surface area contributed by atoms with Crippen molar-refractivity contribution in [2.45, 2.75) is 25.2 Å². The number of hydrogen-bond donors (Lipinski definition) is 2. The quantitative estimate of drug-likeness (QED) is 0.360. The van der Waals surface area contributed by atoms with E-state index < -0.39 is 10.0 Å². The lowest BCUT2D eigenvalue weighted by atomic mass is 10.1. The molecule has 0 aliphatic rings. The molecular weight excluding hydrogens is 430 g/mol. The number of nitrogens with zero attached hydrogens (tertiary/aromatic N) is 1. The number of halogens is 1. The second-order valence-electron chi connectivity index (χ2n) is 7.55. The molecule has 2 N–H and O–H groups in total. The normalized spacial score (nSPS) is 12.1. The number of hydrogen-bond acceptors (Lipinski definition) is 3. The van der Waals surface area contributed by atoms with Crippen LogP contribution in [0.2, 0.25) is 5.02 Å². The predicted molar refractivity (Wildman–Crippen MR) is 130 cm³/mol. The number of anilines is 1. The fourth-order valence-electron chi connectivity index (χ4n) is 3.96. The van der Waals surface area contributed by atoms with E-state index in [4.69, 9.17) is 11.6 Å². The van der Waals surface area contributed by atoms with Gasteiger partial charge in [-0.3, -0.25) is 4.72 Å². The molecule has 0 unspecified atom stereocenters. The maximum absolute atomic E-state index is 13.1. The maximum atomic E-state index is 13.1. The Bertz CT molecular complexity index is 1330. The van der Waals surface area contributed by atoms with Crippen LogP contribution in [0, 0.1) is 0 Å². The molecule has 0 aliphatic carbocycles. The number of aromatic nitrogens is 1. The fourth-order valence-corrected chi connectivity index (χ4v) is 5.47. The molecule has 4 rings (SSSR count). The van der Waals surface area contributed by atoms with Gasteiger partial charge in [-0.05, 0) is 49.3 Å². The zero-order valence-electron chi connectivity index (χ0n) is 17.7. The molecule has 0 saturated heterocycles. The maximum Gasteiger partial charge on any atom is 0.262 e. The summed E-state index contributed by atoms with van der Waals surface area (Å²) >= 11 is 6.25. The highest BCUT2D eigenvalue weighted by molar-refractivity contribution is 7.93. The summed E-state index contributed by atoms with van der Waals surface area (Å²) in [5.41, 5.74) is 2.67. The van der Waals surface area contributed by atoms with Crippen LogP contribution in [-0.2, 0) is 16.4 Å². The van der Waals surface area contributed by atoms with Crippen molar-refractivity contribution >= 4 is 49.0 Å². The first-order valence-electron chi connectivity index (χ1n) is 10.5. The molecule has 1 aromatic heterocycles. The standard InChI is InChI=1S/C24H26ClN3O2S/c1-3-28(4-2)14-13-17-16-26-23-15-18(11-12-19(17)23)27-31(29,30)24-10-6-7-20-21(24)8-5-9-22(20)25/h5-12,15-16,26-27H,3-4,13-14H2,1-2H3. The highest BCUT2D eigenvalue weighted by Gasteiger charge is 2.18. The van der Waals surface area contributed by atoms with Gasteiger partial charge in [0.05, 0.1) is 10.6 Å². The third kappa shape index (κ3) is 4.42. The van der Waals surface area contributed by atoms with Gasteiger partial charge in [0.25, 0.3) is 10.0 Å². The van der Waals surface area contributed by atoms with E-state index in [2.05, 4.69) is 28.5 Å². The van der Waals surface area contributed by atoms with Crippen molar-refractivity contribution < 1.29 is 8.42 Å². The van der Waals surface area contributed by atoms with E-state index in [1.165, 1.54) is 5.56 Å². The monoisotopic (exact) mass is 455 g/mol. The highest BCUT2D eigenvalue weighted by Crippen LogP contribution is 2.30. The third-order valence-corrected chi connectivity index (χ3v) is 7.50. The van der Waals surface area contributed by atoms with E-state index >= 15 is 0 Å². The number of fused-ring (bicyclic) bond motifs is 2. The minimum absolute atomic E-state index is 0.207. The van der Waals surface area contributed by atoms with Gasteiger partial charge in [-0.25, -0.2) is 8.42 Å². The summed E-state index contributed by atoms with van der Waals surface area (Å²) in [4.78, 5) is 5.87. The van der Waals surface area contributed by atoms with Crippen LogP contribution in [-0.4, -0.2) is 37.9 Å². The summed E-state index contributed by atoms with van der Waals surface area (Å²) in [7, 11) is -3.78. The molecule has 3 aromatic carbocycles. The van der Waals surface area contributed by atoms with E-state index in [9.17, 15) is 8.42 Å². The molecule has 0 radical (unpaired) electrons. The zero-order valence-corrected chi connectivity index (χ0v) is 19.2. The summed E-state index contributed by atoms with van der Waals surface area (Å²) in [6.45, 7) is 7.40. The Labute approximate surface area is 188 Å². The van der Waals surface area contributed by atoms with Crippen molar-refractivity contribution in [3.05, 3.63) is 71.4 Å². The largest absolute Gasteiger partial charge is 0.361 e. The number of nitrogens with one attached hydrogen (secondary N) is 2. The van der Waals surface area contributed by atoms with Crippen molar-refractivity contribution in [3.63, 3.8) is 0 Å². The van der Waals surface area contributed by atoms with Crippen LogP contribution in [0.3, 0.4) is 0 Å². The molecule has 0 bridgehead atoms. The summed E-state index contributed by atoms with van der Waals surface area (Å²) in [5.74, 6) is 0. The van der Waals surface area contributed by atoms with Crippen molar-refractivity contribution in [2.24, 2.45) is 0 Å². The lowest BCUT2D eigenvalue weighted by Crippen LogP contribution is -2.25. The van der Waals surface area contributed by atoms with E-state index in [1.807, 2.05) is 30.5 Å². The van der Waals surface area contributed by atoms with Gasteiger partial charge >= 0.3 is 0 Å². The van der Waals surface area contributed by atoms with Crippen LogP contribution in [0.25, 0.3) is 21.7 Å². The van der Waals surface area contributed by atoms with Gasteiger partial charge in [0.1, 0.15) is 0 Å². The van der Waals surface area contributed by atoms with Crippen molar-refractivity contribution in [2.75, 3.05) is 24.4 Å². The van der Waals surface area contributed by atoms with Gasteiger partial charge in [-0.2, -0.15) is 0 Å². The third-order valence-electron chi connectivity index (χ3n) is 5.73. The average molecular weight is 456 g/mol.